The molecule has 0 radical (unpaired) electrons. The van der Waals surface area contributed by atoms with Crippen LogP contribution in [-0.4, -0.2) is 75.0 Å². The smallest absolute Gasteiger partial charge is 0.272 e. The van der Waals surface area contributed by atoms with E-state index in [4.69, 9.17) is 35.5 Å². The number of methoxy groups -OCH3 is 2. The number of halogens is 1. The summed E-state index contributed by atoms with van der Waals surface area (Å²) in [6, 6.07) is 10.7. The summed E-state index contributed by atoms with van der Waals surface area (Å²) in [5.74, 6) is 1.70. The summed E-state index contributed by atoms with van der Waals surface area (Å²) < 4.78 is 23.5. The van der Waals surface area contributed by atoms with E-state index in [1.165, 1.54) is 11.3 Å². The Bertz CT molecular complexity index is 1140. The van der Waals surface area contributed by atoms with Crippen LogP contribution >= 0.6 is 22.9 Å². The molecule has 1 amide bonds. The zero-order valence-electron chi connectivity index (χ0n) is 21.1. The number of ether oxygens (including phenoxy) is 4. The third-order valence-corrected chi connectivity index (χ3v) is 7.38. The monoisotopic (exact) mass is 533 g/mol. The van der Waals surface area contributed by atoms with E-state index in [9.17, 15) is 4.79 Å². The molecular formula is C26H32ClN3O5S. The number of amides is 1. The molecule has 0 unspecified atom stereocenters. The number of hydrogen-bond donors (Lipinski definition) is 0. The molecule has 1 aromatic heterocycles. The zero-order valence-corrected chi connectivity index (χ0v) is 22.7. The largest absolute Gasteiger partial charge is 0.495 e. The van der Waals surface area contributed by atoms with Gasteiger partial charge in [0, 0.05) is 31.2 Å². The molecule has 2 heterocycles. The summed E-state index contributed by atoms with van der Waals surface area (Å²) in [5, 5.41) is 1.18. The maximum atomic E-state index is 14.0. The Morgan fingerprint density at radius 1 is 1.11 bits per heavy atom. The number of thiazole rings is 1. The average Bonchev–Trinajstić information content (AvgIpc) is 3.33. The second-order valence-electron chi connectivity index (χ2n) is 8.97. The molecule has 0 bridgehead atoms. The lowest BCUT2D eigenvalue weighted by molar-refractivity contribution is -0.131. The van der Waals surface area contributed by atoms with Crippen molar-refractivity contribution in [2.24, 2.45) is 0 Å². The van der Waals surface area contributed by atoms with Gasteiger partial charge in [0.05, 0.1) is 27.4 Å². The average molecular weight is 534 g/mol. The molecule has 0 aliphatic carbocycles. The van der Waals surface area contributed by atoms with Gasteiger partial charge in [0.2, 0.25) is 0 Å². The molecule has 1 fully saturated rings. The molecule has 1 saturated heterocycles. The van der Waals surface area contributed by atoms with Crippen LogP contribution in [0.2, 0.25) is 5.02 Å². The first-order chi connectivity index (χ1) is 17.3. The number of benzene rings is 2. The summed E-state index contributed by atoms with van der Waals surface area (Å²) in [7, 11) is 3.23. The summed E-state index contributed by atoms with van der Waals surface area (Å²) in [5.41, 5.74) is -0.474. The van der Waals surface area contributed by atoms with Gasteiger partial charge in [-0.2, -0.15) is 0 Å². The van der Waals surface area contributed by atoms with Crippen molar-refractivity contribution < 1.29 is 23.7 Å². The van der Waals surface area contributed by atoms with Crippen LogP contribution < -0.4 is 19.1 Å². The van der Waals surface area contributed by atoms with Crippen molar-refractivity contribution in [3.63, 3.8) is 0 Å². The number of fused-ring (bicyclic) bond motifs is 1. The number of carbonyl (C=O) groups is 1. The normalized spacial score (nSPS) is 14.6. The number of nitrogens with zero attached hydrogens (tertiary/aromatic N) is 3. The van der Waals surface area contributed by atoms with Crippen molar-refractivity contribution in [1.29, 1.82) is 0 Å². The first-order valence-corrected chi connectivity index (χ1v) is 13.1. The number of morpholine rings is 1. The predicted molar refractivity (Wildman–Crippen MR) is 143 cm³/mol. The van der Waals surface area contributed by atoms with Gasteiger partial charge in [-0.1, -0.05) is 22.9 Å². The minimum absolute atomic E-state index is 0.184. The fourth-order valence-corrected chi connectivity index (χ4v) is 5.34. The molecule has 0 spiro atoms. The number of carbonyl (C=O) groups excluding carboxylic acids is 1. The van der Waals surface area contributed by atoms with Gasteiger partial charge in [0.25, 0.3) is 5.91 Å². The molecule has 3 aromatic rings. The highest BCUT2D eigenvalue weighted by atomic mass is 35.5. The lowest BCUT2D eigenvalue weighted by Crippen LogP contribution is -2.50. The minimum atomic E-state index is -1.14. The molecule has 1 aliphatic heterocycles. The number of anilines is 1. The van der Waals surface area contributed by atoms with Crippen LogP contribution in [-0.2, 0) is 9.53 Å². The fourth-order valence-electron chi connectivity index (χ4n) is 4.12. The molecule has 2 aromatic carbocycles. The first kappa shape index (κ1) is 26.5. The number of aromatic nitrogens is 1. The van der Waals surface area contributed by atoms with Crippen molar-refractivity contribution in [3.05, 3.63) is 41.4 Å². The topological polar surface area (TPSA) is 73.4 Å². The Morgan fingerprint density at radius 2 is 1.78 bits per heavy atom. The van der Waals surface area contributed by atoms with E-state index in [0.29, 0.717) is 39.5 Å². The van der Waals surface area contributed by atoms with Gasteiger partial charge in [-0.05, 0) is 56.7 Å². The quantitative estimate of drug-likeness (QED) is 0.368. The maximum Gasteiger partial charge on any atom is 0.272 e. The van der Waals surface area contributed by atoms with E-state index in [2.05, 4.69) is 4.90 Å². The highest BCUT2D eigenvalue weighted by molar-refractivity contribution is 7.22. The molecular weight excluding hydrogens is 502 g/mol. The Labute approximate surface area is 220 Å². The zero-order chi connectivity index (χ0) is 25.7. The lowest BCUT2D eigenvalue weighted by Gasteiger charge is -2.32. The van der Waals surface area contributed by atoms with Crippen molar-refractivity contribution >= 4 is 44.2 Å². The van der Waals surface area contributed by atoms with Gasteiger partial charge >= 0.3 is 0 Å². The Balaban J connectivity index is 1.63. The predicted octanol–water partition coefficient (Wildman–Crippen LogP) is 4.88. The maximum absolute atomic E-state index is 14.0. The van der Waals surface area contributed by atoms with Crippen LogP contribution in [0.5, 0.6) is 17.2 Å². The van der Waals surface area contributed by atoms with Crippen LogP contribution in [0, 0.1) is 0 Å². The highest BCUT2D eigenvalue weighted by Gasteiger charge is 2.36. The Kier molecular flexibility index (Phi) is 8.56. The third kappa shape index (κ3) is 6.03. The van der Waals surface area contributed by atoms with Crippen molar-refractivity contribution in [1.82, 2.24) is 9.88 Å². The SMILES string of the molecule is COc1ccc(OC)c2sc(N(CCCN3CCOCC3)C(=O)C(C)(C)Oc3ccc(Cl)cc3)nc12. The minimum Gasteiger partial charge on any atom is -0.495 e. The number of hydrogen-bond acceptors (Lipinski definition) is 8. The van der Waals surface area contributed by atoms with Gasteiger partial charge in [-0.15, -0.1) is 0 Å². The number of rotatable bonds is 10. The van der Waals surface area contributed by atoms with Gasteiger partial charge in [0.15, 0.2) is 10.7 Å². The Morgan fingerprint density at radius 3 is 2.44 bits per heavy atom. The van der Waals surface area contributed by atoms with Gasteiger partial charge in [-0.3, -0.25) is 14.6 Å². The summed E-state index contributed by atoms with van der Waals surface area (Å²) in [6.07, 6.45) is 0.785. The summed E-state index contributed by atoms with van der Waals surface area (Å²) in [6.45, 7) is 8.17. The highest BCUT2D eigenvalue weighted by Crippen LogP contribution is 2.40. The molecule has 36 heavy (non-hydrogen) atoms. The molecule has 0 N–H and O–H groups in total. The lowest BCUT2D eigenvalue weighted by atomic mass is 10.1. The van der Waals surface area contributed by atoms with Crippen LogP contribution in [0.3, 0.4) is 0 Å². The van der Waals surface area contributed by atoms with Crippen LogP contribution in [0.25, 0.3) is 10.2 Å². The molecule has 4 rings (SSSR count). The van der Waals surface area contributed by atoms with E-state index in [-0.39, 0.29) is 5.91 Å². The molecule has 8 nitrogen and oxygen atoms in total. The van der Waals surface area contributed by atoms with E-state index in [1.54, 1.807) is 57.2 Å². The van der Waals surface area contributed by atoms with Crippen LogP contribution in [0.4, 0.5) is 5.13 Å². The van der Waals surface area contributed by atoms with E-state index in [0.717, 1.165) is 44.0 Å². The molecule has 194 valence electrons. The standard InChI is InChI=1S/C26H32ClN3O5S/c1-26(2,35-19-8-6-18(27)7-9-19)24(31)30(13-5-12-29-14-16-34-17-15-29)25-28-22-20(32-3)10-11-21(33-4)23(22)36-25/h6-11H,5,12-17H2,1-4H3. The van der Waals surface area contributed by atoms with Crippen LogP contribution in [0.15, 0.2) is 36.4 Å². The summed E-state index contributed by atoms with van der Waals surface area (Å²) in [4.78, 5) is 22.8. The molecule has 0 saturated carbocycles. The second kappa shape index (κ2) is 11.6. The van der Waals surface area contributed by atoms with Crippen molar-refractivity contribution in [2.45, 2.75) is 25.9 Å². The van der Waals surface area contributed by atoms with Crippen LogP contribution in [0.1, 0.15) is 20.3 Å². The van der Waals surface area contributed by atoms with Crippen molar-refractivity contribution in [2.75, 3.05) is 58.5 Å². The molecule has 10 heteroatoms. The molecule has 0 atom stereocenters. The van der Waals surface area contributed by atoms with Gasteiger partial charge in [0.1, 0.15) is 27.5 Å². The Hall–Kier alpha value is -2.59. The van der Waals surface area contributed by atoms with E-state index >= 15 is 0 Å². The molecule has 1 aliphatic rings. The fraction of sp³-hybridized carbons (Fsp3) is 0.462. The van der Waals surface area contributed by atoms with E-state index in [1.807, 2.05) is 12.1 Å². The van der Waals surface area contributed by atoms with Gasteiger partial charge < -0.3 is 18.9 Å². The summed E-state index contributed by atoms with van der Waals surface area (Å²) >= 11 is 7.42. The first-order valence-electron chi connectivity index (χ1n) is 11.9. The third-order valence-electron chi connectivity index (χ3n) is 6.04. The second-order valence-corrected chi connectivity index (χ2v) is 10.4. The van der Waals surface area contributed by atoms with Gasteiger partial charge in [-0.25, -0.2) is 4.98 Å². The van der Waals surface area contributed by atoms with Crippen molar-refractivity contribution in [3.8, 4) is 17.2 Å². The van der Waals surface area contributed by atoms with E-state index < -0.39 is 5.60 Å².